The number of nitrogens with one attached hydrogen (secondary N) is 1. The van der Waals surface area contributed by atoms with Gasteiger partial charge in [-0.15, -0.1) is 0 Å². The molecule has 0 saturated carbocycles. The van der Waals surface area contributed by atoms with E-state index in [1.807, 2.05) is 0 Å². The average molecular weight is 437 g/mol. The number of ether oxygens (including phenoxy) is 3. The summed E-state index contributed by atoms with van der Waals surface area (Å²) in [7, 11) is 0. The Bertz CT molecular complexity index is 547. The van der Waals surface area contributed by atoms with E-state index in [4.69, 9.17) is 19.2 Å². The molecule has 4 rings (SSSR count). The molecule has 4 aliphatic rings. The van der Waals surface area contributed by atoms with Crippen molar-refractivity contribution in [2.45, 2.75) is 82.5 Å². The van der Waals surface area contributed by atoms with Gasteiger partial charge in [0.2, 0.25) is 0 Å². The molecule has 0 spiro atoms. The Balaban J connectivity index is 1.30. The summed E-state index contributed by atoms with van der Waals surface area (Å²) in [6.07, 6.45) is 11.3. The number of nitrogens with zero attached hydrogens (tertiary/aromatic N) is 3. The van der Waals surface area contributed by atoms with E-state index in [0.29, 0.717) is 12.2 Å². The number of aliphatic imine (C=N–C) groups is 1. The zero-order valence-electron chi connectivity index (χ0n) is 19.7. The number of likely N-dealkylation sites (tertiary alicyclic amines) is 2. The molecular formula is C24H44N4O3. The highest BCUT2D eigenvalue weighted by molar-refractivity contribution is 5.80. The predicted molar refractivity (Wildman–Crippen MR) is 124 cm³/mol. The molecule has 0 aliphatic carbocycles. The van der Waals surface area contributed by atoms with Crippen molar-refractivity contribution >= 4 is 5.96 Å². The number of rotatable bonds is 7. The summed E-state index contributed by atoms with van der Waals surface area (Å²) in [5, 5.41) is 3.56. The molecule has 1 unspecified atom stereocenters. The minimum absolute atomic E-state index is 0.191. The zero-order chi connectivity index (χ0) is 21.4. The maximum atomic E-state index is 6.22. The van der Waals surface area contributed by atoms with Crippen molar-refractivity contribution in [3.63, 3.8) is 0 Å². The van der Waals surface area contributed by atoms with Crippen molar-refractivity contribution in [3.8, 4) is 0 Å². The molecule has 0 amide bonds. The fraction of sp³-hybridized carbons (Fsp3) is 0.958. The zero-order valence-corrected chi connectivity index (χ0v) is 19.7. The normalized spacial score (nSPS) is 28.7. The smallest absolute Gasteiger partial charge is 0.193 e. The SMILES string of the molecule is CCNC(=NCC1(N2CCCC2)CCOCC1)N1CCC(OCC2CCCCO2)CC1. The van der Waals surface area contributed by atoms with Crippen molar-refractivity contribution in [2.24, 2.45) is 4.99 Å². The van der Waals surface area contributed by atoms with Crippen LogP contribution in [0.25, 0.3) is 0 Å². The summed E-state index contributed by atoms with van der Waals surface area (Å²) in [6.45, 7) is 11.8. The minimum Gasteiger partial charge on any atom is -0.381 e. The van der Waals surface area contributed by atoms with Gasteiger partial charge in [-0.1, -0.05) is 0 Å². The van der Waals surface area contributed by atoms with Gasteiger partial charge in [0.15, 0.2) is 5.96 Å². The van der Waals surface area contributed by atoms with Crippen LogP contribution in [0.2, 0.25) is 0 Å². The molecule has 0 radical (unpaired) electrons. The van der Waals surface area contributed by atoms with Gasteiger partial charge in [0.05, 0.1) is 25.4 Å². The van der Waals surface area contributed by atoms with E-state index in [9.17, 15) is 0 Å². The molecular weight excluding hydrogens is 392 g/mol. The highest BCUT2D eigenvalue weighted by atomic mass is 16.5. The molecule has 0 aromatic rings. The maximum Gasteiger partial charge on any atom is 0.193 e. The summed E-state index contributed by atoms with van der Waals surface area (Å²) in [4.78, 5) is 10.3. The Morgan fingerprint density at radius 2 is 1.77 bits per heavy atom. The predicted octanol–water partition coefficient (Wildman–Crippen LogP) is 2.65. The van der Waals surface area contributed by atoms with E-state index < -0.39 is 0 Å². The van der Waals surface area contributed by atoms with Gasteiger partial charge in [0.1, 0.15) is 0 Å². The van der Waals surface area contributed by atoms with E-state index in [-0.39, 0.29) is 5.54 Å². The third-order valence-corrected chi connectivity index (χ3v) is 7.59. The quantitative estimate of drug-likeness (QED) is 0.489. The number of hydrogen-bond donors (Lipinski definition) is 1. The van der Waals surface area contributed by atoms with Crippen molar-refractivity contribution in [3.05, 3.63) is 0 Å². The second-order valence-corrected chi connectivity index (χ2v) is 9.71. The fourth-order valence-electron chi connectivity index (χ4n) is 5.58. The van der Waals surface area contributed by atoms with Gasteiger partial charge in [-0.05, 0) is 77.8 Å². The van der Waals surface area contributed by atoms with Crippen LogP contribution < -0.4 is 5.32 Å². The second kappa shape index (κ2) is 11.8. The van der Waals surface area contributed by atoms with E-state index in [1.165, 1.54) is 38.8 Å². The third-order valence-electron chi connectivity index (χ3n) is 7.59. The highest BCUT2D eigenvalue weighted by Gasteiger charge is 2.39. The Hall–Kier alpha value is -0.890. The summed E-state index contributed by atoms with van der Waals surface area (Å²) in [5.41, 5.74) is 0.191. The summed E-state index contributed by atoms with van der Waals surface area (Å²) in [5.74, 6) is 1.08. The molecule has 0 aromatic heterocycles. The van der Waals surface area contributed by atoms with Crippen molar-refractivity contribution in [1.29, 1.82) is 0 Å². The summed E-state index contributed by atoms with van der Waals surface area (Å²) in [6, 6.07) is 0. The third kappa shape index (κ3) is 6.34. The highest BCUT2D eigenvalue weighted by Crippen LogP contribution is 2.32. The van der Waals surface area contributed by atoms with Gasteiger partial charge in [0.25, 0.3) is 0 Å². The van der Waals surface area contributed by atoms with Crippen molar-refractivity contribution < 1.29 is 14.2 Å². The lowest BCUT2D eigenvalue weighted by molar-refractivity contribution is -0.0721. The Morgan fingerprint density at radius 3 is 2.45 bits per heavy atom. The first-order chi connectivity index (χ1) is 15.3. The Labute approximate surface area is 188 Å². The van der Waals surface area contributed by atoms with Crippen LogP contribution in [0.15, 0.2) is 4.99 Å². The van der Waals surface area contributed by atoms with Crippen LogP contribution in [0.1, 0.15) is 64.7 Å². The van der Waals surface area contributed by atoms with Crippen LogP contribution in [-0.4, -0.2) is 99.2 Å². The molecule has 31 heavy (non-hydrogen) atoms. The van der Waals surface area contributed by atoms with Gasteiger partial charge in [-0.25, -0.2) is 0 Å². The first-order valence-electron chi connectivity index (χ1n) is 12.9. The molecule has 4 fully saturated rings. The van der Waals surface area contributed by atoms with Crippen LogP contribution >= 0.6 is 0 Å². The van der Waals surface area contributed by atoms with Crippen molar-refractivity contribution in [1.82, 2.24) is 15.1 Å². The fourth-order valence-corrected chi connectivity index (χ4v) is 5.58. The van der Waals surface area contributed by atoms with Crippen LogP contribution in [0.4, 0.5) is 0 Å². The first-order valence-corrected chi connectivity index (χ1v) is 12.9. The van der Waals surface area contributed by atoms with Crippen LogP contribution in [0.5, 0.6) is 0 Å². The Kier molecular flexibility index (Phi) is 8.88. The molecule has 7 heteroatoms. The van der Waals surface area contributed by atoms with E-state index in [0.717, 1.165) is 90.7 Å². The van der Waals surface area contributed by atoms with Gasteiger partial charge in [-0.2, -0.15) is 0 Å². The average Bonchev–Trinajstić information content (AvgIpc) is 3.38. The minimum atomic E-state index is 0.191. The first kappa shape index (κ1) is 23.3. The topological polar surface area (TPSA) is 58.6 Å². The van der Waals surface area contributed by atoms with E-state index >= 15 is 0 Å². The van der Waals surface area contributed by atoms with Gasteiger partial charge < -0.3 is 24.4 Å². The molecule has 0 bridgehead atoms. The molecule has 1 N–H and O–H groups in total. The lowest BCUT2D eigenvalue weighted by atomic mass is 9.88. The number of piperidine rings is 1. The molecule has 7 nitrogen and oxygen atoms in total. The van der Waals surface area contributed by atoms with E-state index in [1.54, 1.807) is 0 Å². The van der Waals surface area contributed by atoms with Gasteiger partial charge >= 0.3 is 0 Å². The Morgan fingerprint density at radius 1 is 1.00 bits per heavy atom. The van der Waals surface area contributed by atoms with Crippen LogP contribution in [0, 0.1) is 0 Å². The standard InChI is InChI=1S/C24H44N4O3/c1-2-25-23(26-20-24(10-17-29-18-11-24)28-12-4-5-13-28)27-14-8-21(9-15-27)31-19-22-7-3-6-16-30-22/h21-22H,2-20H2,1H3,(H,25,26). The molecule has 0 aromatic carbocycles. The molecule has 4 heterocycles. The van der Waals surface area contributed by atoms with Crippen LogP contribution in [-0.2, 0) is 14.2 Å². The molecule has 4 aliphatic heterocycles. The second-order valence-electron chi connectivity index (χ2n) is 9.71. The lowest BCUT2D eigenvalue weighted by Crippen LogP contribution is -2.54. The molecule has 1 atom stereocenters. The van der Waals surface area contributed by atoms with Crippen LogP contribution in [0.3, 0.4) is 0 Å². The van der Waals surface area contributed by atoms with Gasteiger partial charge in [0, 0.05) is 45.0 Å². The lowest BCUT2D eigenvalue weighted by Gasteiger charge is -2.44. The summed E-state index contributed by atoms with van der Waals surface area (Å²) < 4.78 is 17.8. The van der Waals surface area contributed by atoms with Gasteiger partial charge in [-0.3, -0.25) is 9.89 Å². The number of hydrogen-bond acceptors (Lipinski definition) is 5. The largest absolute Gasteiger partial charge is 0.381 e. The summed E-state index contributed by atoms with van der Waals surface area (Å²) >= 11 is 0. The van der Waals surface area contributed by atoms with Crippen molar-refractivity contribution in [2.75, 3.05) is 65.7 Å². The maximum absolute atomic E-state index is 6.22. The number of guanidine groups is 1. The monoisotopic (exact) mass is 436 g/mol. The van der Waals surface area contributed by atoms with E-state index in [2.05, 4.69) is 22.0 Å². The molecule has 178 valence electrons. The molecule has 4 saturated heterocycles.